The number of nitrogens with two attached hydrogens (primary N) is 1. The minimum Gasteiger partial charge on any atom is -0.395 e. The Kier molecular flexibility index (Phi) is 5.24. The molecule has 0 spiro atoms. The van der Waals surface area contributed by atoms with Crippen molar-refractivity contribution in [3.63, 3.8) is 0 Å². The van der Waals surface area contributed by atoms with Gasteiger partial charge in [-0.15, -0.1) is 0 Å². The maximum Gasteiger partial charge on any atom is 0.311 e. The molecule has 18 heavy (non-hydrogen) atoms. The maximum absolute atomic E-state index is 10.9. The van der Waals surface area contributed by atoms with E-state index in [1.807, 2.05) is 0 Å². The van der Waals surface area contributed by atoms with Gasteiger partial charge < -0.3 is 20.5 Å². The van der Waals surface area contributed by atoms with Crippen LogP contribution in [0.3, 0.4) is 0 Å². The zero-order valence-electron chi connectivity index (χ0n) is 9.61. The van der Waals surface area contributed by atoms with Crippen LogP contribution >= 0.6 is 0 Å². The Morgan fingerprint density at radius 1 is 1.39 bits per heavy atom. The molecule has 1 aromatic rings. The van der Waals surface area contributed by atoms with Crippen LogP contribution in [0.15, 0.2) is 12.1 Å². The molecule has 0 unspecified atom stereocenters. The molecule has 0 fully saturated rings. The van der Waals surface area contributed by atoms with Gasteiger partial charge in [0.25, 0.3) is 0 Å². The summed E-state index contributed by atoms with van der Waals surface area (Å²) >= 11 is 0. The van der Waals surface area contributed by atoms with Crippen molar-refractivity contribution in [2.45, 2.75) is 0 Å². The number of hydrogen-bond donors (Lipinski definition) is 4. The molecule has 1 heterocycles. The van der Waals surface area contributed by atoms with E-state index in [4.69, 9.17) is 16.1 Å². The van der Waals surface area contributed by atoms with Crippen molar-refractivity contribution >= 4 is 17.3 Å². The van der Waals surface area contributed by atoms with Crippen molar-refractivity contribution in [1.82, 2.24) is 4.98 Å². The topological polar surface area (TPSA) is 138 Å². The first-order valence-electron chi connectivity index (χ1n) is 5.22. The maximum atomic E-state index is 10.9. The van der Waals surface area contributed by atoms with Gasteiger partial charge in [0.2, 0.25) is 5.82 Å². The van der Waals surface area contributed by atoms with E-state index in [9.17, 15) is 10.1 Å². The lowest BCUT2D eigenvalue weighted by Gasteiger charge is -2.21. The minimum absolute atomic E-state index is 0.0542. The molecule has 100 valence electrons. The Bertz CT molecular complexity index is 408. The van der Waals surface area contributed by atoms with Crippen LogP contribution < -0.4 is 16.2 Å². The highest BCUT2D eigenvalue weighted by molar-refractivity contribution is 5.61. The van der Waals surface area contributed by atoms with Gasteiger partial charge in [0.1, 0.15) is 5.82 Å². The van der Waals surface area contributed by atoms with Crippen LogP contribution in [0, 0.1) is 10.1 Å². The monoisotopic (exact) mass is 257 g/mol. The Balaban J connectivity index is 3.18. The summed E-state index contributed by atoms with van der Waals surface area (Å²) in [6.07, 6.45) is 0. The molecule has 0 saturated heterocycles. The molecule has 9 heteroatoms. The Morgan fingerprint density at radius 3 is 2.44 bits per heavy atom. The lowest BCUT2D eigenvalue weighted by atomic mass is 10.3. The summed E-state index contributed by atoms with van der Waals surface area (Å²) in [6, 6.07) is 2.64. The second-order valence-corrected chi connectivity index (χ2v) is 3.37. The standard InChI is InChI=1S/C9H15N5O4/c10-12-8-2-1-7(14(17)18)9(11-8)13(3-5-15)4-6-16/h1-2,15-16H,3-6,10H2,(H,11,12). The van der Waals surface area contributed by atoms with Crippen LogP contribution in [0.4, 0.5) is 17.3 Å². The van der Waals surface area contributed by atoms with Crippen molar-refractivity contribution in [3.05, 3.63) is 22.2 Å². The lowest BCUT2D eigenvalue weighted by molar-refractivity contribution is -0.384. The lowest BCUT2D eigenvalue weighted by Crippen LogP contribution is -2.31. The summed E-state index contributed by atoms with van der Waals surface area (Å²) in [5.74, 6) is 5.51. The van der Waals surface area contributed by atoms with E-state index >= 15 is 0 Å². The number of aromatic nitrogens is 1. The van der Waals surface area contributed by atoms with E-state index < -0.39 is 4.92 Å². The number of nitrogen functional groups attached to an aromatic ring is 1. The number of nitrogens with zero attached hydrogens (tertiary/aromatic N) is 3. The average molecular weight is 257 g/mol. The smallest absolute Gasteiger partial charge is 0.311 e. The average Bonchev–Trinajstić information content (AvgIpc) is 2.37. The van der Waals surface area contributed by atoms with Crippen LogP contribution in [-0.4, -0.2) is 46.4 Å². The van der Waals surface area contributed by atoms with E-state index in [0.29, 0.717) is 0 Å². The molecule has 1 rings (SSSR count). The third-order valence-electron chi connectivity index (χ3n) is 2.24. The van der Waals surface area contributed by atoms with Crippen molar-refractivity contribution in [2.24, 2.45) is 5.84 Å². The summed E-state index contributed by atoms with van der Waals surface area (Å²) in [5, 5.41) is 28.7. The molecular weight excluding hydrogens is 242 g/mol. The number of nitro groups is 1. The molecule has 0 radical (unpaired) electrons. The van der Waals surface area contributed by atoms with Gasteiger partial charge in [-0.05, 0) is 6.07 Å². The number of aliphatic hydroxyl groups excluding tert-OH is 2. The number of nitrogens with one attached hydrogen (secondary N) is 1. The molecule has 1 aromatic heterocycles. The Morgan fingerprint density at radius 2 is 2.00 bits per heavy atom. The fourth-order valence-electron chi connectivity index (χ4n) is 1.46. The number of rotatable bonds is 7. The molecule has 0 aliphatic rings. The zero-order valence-corrected chi connectivity index (χ0v) is 9.61. The molecule has 0 saturated carbocycles. The number of hydrazine groups is 1. The van der Waals surface area contributed by atoms with Crippen LogP contribution in [-0.2, 0) is 0 Å². The molecule has 0 amide bonds. The fraction of sp³-hybridized carbons (Fsp3) is 0.444. The molecule has 0 bridgehead atoms. The highest BCUT2D eigenvalue weighted by Crippen LogP contribution is 2.27. The van der Waals surface area contributed by atoms with E-state index in [-0.39, 0.29) is 43.6 Å². The molecule has 0 aliphatic heterocycles. The second kappa shape index (κ2) is 6.69. The SMILES string of the molecule is NNc1ccc([N+](=O)[O-])c(N(CCO)CCO)n1. The van der Waals surface area contributed by atoms with Gasteiger partial charge >= 0.3 is 5.69 Å². The summed E-state index contributed by atoms with van der Waals surface area (Å²) in [4.78, 5) is 15.7. The van der Waals surface area contributed by atoms with Gasteiger partial charge in [-0.3, -0.25) is 10.1 Å². The summed E-state index contributed by atoms with van der Waals surface area (Å²) in [6.45, 7) is -0.164. The number of aliphatic hydroxyl groups is 2. The first-order chi connectivity index (χ1) is 8.63. The zero-order chi connectivity index (χ0) is 13.5. The molecular formula is C9H15N5O4. The van der Waals surface area contributed by atoms with E-state index in [2.05, 4.69) is 10.4 Å². The van der Waals surface area contributed by atoms with Gasteiger partial charge in [-0.25, -0.2) is 10.8 Å². The second-order valence-electron chi connectivity index (χ2n) is 3.37. The fourth-order valence-corrected chi connectivity index (χ4v) is 1.46. The molecule has 0 aromatic carbocycles. The minimum atomic E-state index is -0.579. The highest BCUT2D eigenvalue weighted by atomic mass is 16.6. The molecule has 0 atom stereocenters. The van der Waals surface area contributed by atoms with Gasteiger partial charge in [-0.2, -0.15) is 0 Å². The first-order valence-corrected chi connectivity index (χ1v) is 5.22. The Labute approximate surface area is 103 Å². The van der Waals surface area contributed by atoms with Crippen molar-refractivity contribution in [1.29, 1.82) is 0 Å². The van der Waals surface area contributed by atoms with E-state index in [1.165, 1.54) is 17.0 Å². The highest BCUT2D eigenvalue weighted by Gasteiger charge is 2.21. The first kappa shape index (κ1) is 14.1. The van der Waals surface area contributed by atoms with E-state index in [1.54, 1.807) is 0 Å². The van der Waals surface area contributed by atoms with Crippen LogP contribution in [0.2, 0.25) is 0 Å². The normalized spacial score (nSPS) is 10.2. The number of pyridine rings is 1. The summed E-state index contributed by atoms with van der Waals surface area (Å²) in [7, 11) is 0. The van der Waals surface area contributed by atoms with Crippen LogP contribution in [0.5, 0.6) is 0 Å². The molecule has 9 nitrogen and oxygen atoms in total. The summed E-state index contributed by atoms with van der Waals surface area (Å²) < 4.78 is 0. The van der Waals surface area contributed by atoms with Crippen molar-refractivity contribution in [2.75, 3.05) is 36.6 Å². The van der Waals surface area contributed by atoms with Crippen LogP contribution in [0.25, 0.3) is 0 Å². The quantitative estimate of drug-likeness (QED) is 0.279. The van der Waals surface area contributed by atoms with Crippen molar-refractivity contribution < 1.29 is 15.1 Å². The Hall–Kier alpha value is -1.97. The van der Waals surface area contributed by atoms with Crippen molar-refractivity contribution in [3.8, 4) is 0 Å². The summed E-state index contributed by atoms with van der Waals surface area (Å²) in [5.41, 5.74) is 2.08. The number of hydrogen-bond acceptors (Lipinski definition) is 8. The third-order valence-corrected chi connectivity index (χ3v) is 2.24. The predicted molar refractivity (Wildman–Crippen MR) is 65.1 cm³/mol. The van der Waals surface area contributed by atoms with Gasteiger partial charge in [0.05, 0.1) is 18.1 Å². The van der Waals surface area contributed by atoms with E-state index in [0.717, 1.165) is 0 Å². The molecule has 0 aliphatic carbocycles. The van der Waals surface area contributed by atoms with Gasteiger partial charge in [0.15, 0.2) is 0 Å². The largest absolute Gasteiger partial charge is 0.395 e. The molecule has 5 N–H and O–H groups in total. The predicted octanol–water partition coefficient (Wildman–Crippen LogP) is -0.934. The van der Waals surface area contributed by atoms with Gasteiger partial charge in [-0.1, -0.05) is 0 Å². The number of anilines is 2. The van der Waals surface area contributed by atoms with Gasteiger partial charge in [0, 0.05) is 19.2 Å². The third kappa shape index (κ3) is 3.26. The van der Waals surface area contributed by atoms with Crippen LogP contribution in [0.1, 0.15) is 0 Å².